The molecule has 1 N–H and O–H groups in total. The van der Waals surface area contributed by atoms with E-state index in [4.69, 9.17) is 27.9 Å². The number of nitrogens with one attached hydrogen (secondary N) is 1. The monoisotopic (exact) mass is 318 g/mol. The molecule has 19 heavy (non-hydrogen) atoms. The summed E-state index contributed by atoms with van der Waals surface area (Å²) in [6.45, 7) is 0.685. The van der Waals surface area contributed by atoms with Gasteiger partial charge in [-0.05, 0) is 25.2 Å². The van der Waals surface area contributed by atoms with E-state index in [-0.39, 0.29) is 12.4 Å². The van der Waals surface area contributed by atoms with Crippen LogP contribution in [0.5, 0.6) is 11.5 Å². The van der Waals surface area contributed by atoms with Crippen LogP contribution in [0.25, 0.3) is 0 Å². The number of pyridine rings is 1. The molecule has 2 rings (SSSR count). The summed E-state index contributed by atoms with van der Waals surface area (Å²) in [5.74, 6) is 1.39. The molecule has 2 aromatic rings. The summed E-state index contributed by atoms with van der Waals surface area (Å²) in [6.07, 6.45) is 3.45. The molecule has 6 heteroatoms. The molecule has 0 amide bonds. The Labute approximate surface area is 128 Å². The molecule has 0 aliphatic heterocycles. The second-order valence-corrected chi connectivity index (χ2v) is 4.51. The molecule has 0 aliphatic carbocycles. The highest BCUT2D eigenvalue weighted by Gasteiger charge is 2.06. The first-order valence-electron chi connectivity index (χ1n) is 5.41. The average Bonchev–Trinajstić information content (AvgIpc) is 2.37. The summed E-state index contributed by atoms with van der Waals surface area (Å²) in [4.78, 5) is 4.07. The third-order valence-electron chi connectivity index (χ3n) is 2.34. The van der Waals surface area contributed by atoms with E-state index in [0.29, 0.717) is 22.3 Å². The first kappa shape index (κ1) is 16.1. The van der Waals surface area contributed by atoms with E-state index in [2.05, 4.69) is 10.3 Å². The molecule has 1 aromatic heterocycles. The van der Waals surface area contributed by atoms with Gasteiger partial charge in [0.25, 0.3) is 0 Å². The largest absolute Gasteiger partial charge is 0.457 e. The summed E-state index contributed by atoms with van der Waals surface area (Å²) in [7, 11) is 1.87. The lowest BCUT2D eigenvalue weighted by Crippen LogP contribution is -2.06. The van der Waals surface area contributed by atoms with Crippen molar-refractivity contribution in [3.63, 3.8) is 0 Å². The van der Waals surface area contributed by atoms with Crippen molar-refractivity contribution < 1.29 is 4.74 Å². The molecule has 102 valence electrons. The lowest BCUT2D eigenvalue weighted by atomic mass is 10.2. The van der Waals surface area contributed by atoms with Crippen molar-refractivity contribution in [2.75, 3.05) is 7.05 Å². The molecule has 0 spiro atoms. The van der Waals surface area contributed by atoms with Gasteiger partial charge in [0.15, 0.2) is 0 Å². The summed E-state index contributed by atoms with van der Waals surface area (Å²) in [5.41, 5.74) is 0.978. The third-order valence-corrected chi connectivity index (χ3v) is 3.08. The van der Waals surface area contributed by atoms with Gasteiger partial charge in [-0.25, -0.2) is 0 Å². The van der Waals surface area contributed by atoms with Crippen LogP contribution in [0.15, 0.2) is 36.7 Å². The Morgan fingerprint density at radius 2 is 2.00 bits per heavy atom. The molecule has 0 saturated heterocycles. The van der Waals surface area contributed by atoms with Crippen LogP contribution >= 0.6 is 35.6 Å². The first-order valence-corrected chi connectivity index (χ1v) is 6.16. The zero-order valence-electron chi connectivity index (χ0n) is 10.2. The second kappa shape index (κ2) is 7.56. The van der Waals surface area contributed by atoms with Crippen LogP contribution in [0.1, 0.15) is 5.56 Å². The Balaban J connectivity index is 0.00000180. The van der Waals surface area contributed by atoms with E-state index in [9.17, 15) is 0 Å². The van der Waals surface area contributed by atoms with E-state index >= 15 is 0 Å². The van der Waals surface area contributed by atoms with Gasteiger partial charge in [-0.3, -0.25) is 4.98 Å². The number of aromatic nitrogens is 1. The van der Waals surface area contributed by atoms with Crippen molar-refractivity contribution in [1.82, 2.24) is 10.3 Å². The molecule has 3 nitrogen and oxygen atoms in total. The fourth-order valence-corrected chi connectivity index (χ4v) is 1.79. The van der Waals surface area contributed by atoms with Gasteiger partial charge < -0.3 is 10.1 Å². The van der Waals surface area contributed by atoms with Gasteiger partial charge in [-0.2, -0.15) is 0 Å². The van der Waals surface area contributed by atoms with Crippen molar-refractivity contribution in [1.29, 1.82) is 0 Å². The van der Waals surface area contributed by atoms with Gasteiger partial charge in [-0.15, -0.1) is 12.4 Å². The summed E-state index contributed by atoms with van der Waals surface area (Å²) >= 11 is 11.8. The zero-order valence-corrected chi connectivity index (χ0v) is 12.5. The molecule has 0 saturated carbocycles. The van der Waals surface area contributed by atoms with Gasteiger partial charge in [-0.1, -0.05) is 23.2 Å². The van der Waals surface area contributed by atoms with Crippen LogP contribution < -0.4 is 10.1 Å². The molecule has 1 heterocycles. The van der Waals surface area contributed by atoms with Crippen molar-refractivity contribution in [2.45, 2.75) is 6.54 Å². The maximum atomic E-state index is 5.94. The van der Waals surface area contributed by atoms with E-state index in [1.165, 1.54) is 0 Å². The summed E-state index contributed by atoms with van der Waals surface area (Å²) in [5, 5.41) is 4.04. The van der Waals surface area contributed by atoms with Crippen LogP contribution in [0, 0.1) is 0 Å². The summed E-state index contributed by atoms with van der Waals surface area (Å²) < 4.78 is 5.77. The molecule has 0 fully saturated rings. The van der Waals surface area contributed by atoms with Gasteiger partial charge in [0.2, 0.25) is 0 Å². The number of ether oxygens (including phenoxy) is 1. The van der Waals surface area contributed by atoms with Gasteiger partial charge >= 0.3 is 0 Å². The minimum Gasteiger partial charge on any atom is -0.457 e. The zero-order chi connectivity index (χ0) is 13.0. The number of halogens is 3. The van der Waals surface area contributed by atoms with E-state index < -0.39 is 0 Å². The van der Waals surface area contributed by atoms with Crippen LogP contribution in [0.2, 0.25) is 10.0 Å². The van der Waals surface area contributed by atoms with Crippen LogP contribution in [-0.4, -0.2) is 12.0 Å². The smallest absolute Gasteiger partial charge is 0.134 e. The molecular weight excluding hydrogens is 307 g/mol. The van der Waals surface area contributed by atoms with E-state index in [1.807, 2.05) is 13.1 Å². The predicted octanol–water partition coefficient (Wildman–Crippen LogP) is 4.32. The van der Waals surface area contributed by atoms with Crippen molar-refractivity contribution in [3.8, 4) is 11.5 Å². The quantitative estimate of drug-likeness (QED) is 0.911. The highest BCUT2D eigenvalue weighted by atomic mass is 35.5. The third kappa shape index (κ3) is 4.25. The van der Waals surface area contributed by atoms with Crippen molar-refractivity contribution in [3.05, 3.63) is 52.3 Å². The highest BCUT2D eigenvalue weighted by Crippen LogP contribution is 2.30. The molecule has 1 aromatic carbocycles. The van der Waals surface area contributed by atoms with Gasteiger partial charge in [0.05, 0.1) is 10.0 Å². The number of hydrogen-bond donors (Lipinski definition) is 1. The Kier molecular flexibility index (Phi) is 6.38. The SMILES string of the molecule is CNCc1cnccc1Oc1ccc(Cl)c(Cl)c1.Cl. The standard InChI is InChI=1S/C13H12Cl2N2O.ClH/c1-16-7-9-8-17-5-4-13(9)18-10-2-3-11(14)12(15)6-10;/h2-6,8,16H,7H2,1H3;1H. The van der Waals surface area contributed by atoms with Crippen molar-refractivity contribution >= 4 is 35.6 Å². The normalized spacial score (nSPS) is 9.84. The fourth-order valence-electron chi connectivity index (χ4n) is 1.50. The summed E-state index contributed by atoms with van der Waals surface area (Å²) in [6, 6.07) is 6.98. The van der Waals surface area contributed by atoms with Gasteiger partial charge in [0.1, 0.15) is 11.5 Å². The fraction of sp³-hybridized carbons (Fsp3) is 0.154. The maximum Gasteiger partial charge on any atom is 0.134 e. The number of rotatable bonds is 4. The number of hydrogen-bond acceptors (Lipinski definition) is 3. The Hall–Kier alpha value is -1.000. The second-order valence-electron chi connectivity index (χ2n) is 3.69. The molecular formula is C13H13Cl3N2O. The highest BCUT2D eigenvalue weighted by molar-refractivity contribution is 6.42. The minimum absolute atomic E-state index is 0. The Morgan fingerprint density at radius 3 is 2.68 bits per heavy atom. The minimum atomic E-state index is 0. The lowest BCUT2D eigenvalue weighted by molar-refractivity contribution is 0.473. The van der Waals surface area contributed by atoms with Crippen LogP contribution in [0.4, 0.5) is 0 Å². The van der Waals surface area contributed by atoms with Crippen molar-refractivity contribution in [2.24, 2.45) is 0 Å². The molecule has 0 atom stereocenters. The van der Waals surface area contributed by atoms with E-state index in [1.54, 1.807) is 30.6 Å². The maximum absolute atomic E-state index is 5.94. The molecule has 0 unspecified atom stereocenters. The number of benzene rings is 1. The first-order chi connectivity index (χ1) is 8.70. The Bertz CT molecular complexity index is 549. The van der Waals surface area contributed by atoms with Crippen LogP contribution in [-0.2, 0) is 6.54 Å². The predicted molar refractivity (Wildman–Crippen MR) is 80.8 cm³/mol. The van der Waals surface area contributed by atoms with Gasteiger partial charge in [0, 0.05) is 30.6 Å². The van der Waals surface area contributed by atoms with E-state index in [0.717, 1.165) is 11.3 Å². The lowest BCUT2D eigenvalue weighted by Gasteiger charge is -2.10. The molecule has 0 aliphatic rings. The Morgan fingerprint density at radius 1 is 1.21 bits per heavy atom. The average molecular weight is 320 g/mol. The molecule has 0 bridgehead atoms. The number of nitrogens with zero attached hydrogens (tertiary/aromatic N) is 1. The van der Waals surface area contributed by atoms with Crippen LogP contribution in [0.3, 0.4) is 0 Å². The topological polar surface area (TPSA) is 34.2 Å². The molecule has 0 radical (unpaired) electrons.